The first-order valence-corrected chi connectivity index (χ1v) is 4.05. The van der Waals surface area contributed by atoms with Crippen LogP contribution in [0.3, 0.4) is 0 Å². The van der Waals surface area contributed by atoms with Crippen LogP contribution in [0.1, 0.15) is 25.0 Å². The fraction of sp³-hybridized carbons (Fsp3) is 0.625. The molecule has 1 saturated carbocycles. The highest BCUT2D eigenvalue weighted by Crippen LogP contribution is 2.22. The number of ether oxygens (including phenoxy) is 1. The van der Waals surface area contributed by atoms with E-state index < -0.39 is 0 Å². The van der Waals surface area contributed by atoms with Crippen molar-refractivity contribution in [2.45, 2.75) is 32.0 Å². The average molecular weight is 152 g/mol. The van der Waals surface area contributed by atoms with Crippen LogP contribution in [0.25, 0.3) is 0 Å². The molecule has 0 aliphatic heterocycles. The van der Waals surface area contributed by atoms with Gasteiger partial charge in [-0.25, -0.2) is 0 Å². The maximum Gasteiger partial charge on any atom is 0.0885 e. The lowest BCUT2D eigenvalue weighted by atomic mass is 9.96. The van der Waals surface area contributed by atoms with Gasteiger partial charge in [-0.15, -0.1) is 0 Å². The molecular weight excluding hydrogens is 140 g/mol. The number of rotatable bonds is 3. The van der Waals surface area contributed by atoms with Gasteiger partial charge in [0.25, 0.3) is 0 Å². The summed E-state index contributed by atoms with van der Waals surface area (Å²) in [7, 11) is 0. The van der Waals surface area contributed by atoms with Crippen molar-refractivity contribution < 1.29 is 4.74 Å². The number of hydrogen-bond acceptors (Lipinski definition) is 2. The third kappa shape index (κ3) is 1.60. The molecule has 2 rings (SSSR count). The Hall–Kier alpha value is -0.830. The van der Waals surface area contributed by atoms with E-state index in [2.05, 4.69) is 10.2 Å². The zero-order chi connectivity index (χ0) is 7.52. The van der Waals surface area contributed by atoms with Crippen molar-refractivity contribution in [3.63, 3.8) is 0 Å². The molecule has 0 unspecified atom stereocenters. The minimum Gasteiger partial charge on any atom is -0.372 e. The van der Waals surface area contributed by atoms with E-state index in [4.69, 9.17) is 4.74 Å². The van der Waals surface area contributed by atoms with Gasteiger partial charge in [0, 0.05) is 6.20 Å². The lowest BCUT2D eigenvalue weighted by molar-refractivity contribution is -0.0101. The van der Waals surface area contributed by atoms with E-state index in [1.165, 1.54) is 19.3 Å². The maximum absolute atomic E-state index is 5.55. The number of aromatic amines is 1. The van der Waals surface area contributed by atoms with Crippen molar-refractivity contribution in [3.8, 4) is 0 Å². The molecule has 3 heteroatoms. The van der Waals surface area contributed by atoms with Crippen molar-refractivity contribution in [1.82, 2.24) is 10.2 Å². The molecule has 0 aromatic carbocycles. The zero-order valence-corrected chi connectivity index (χ0v) is 6.42. The summed E-state index contributed by atoms with van der Waals surface area (Å²) in [6.07, 6.45) is 6.05. The number of nitrogens with one attached hydrogen (secondary N) is 1. The molecule has 60 valence electrons. The fourth-order valence-corrected chi connectivity index (χ4v) is 1.11. The standard InChI is InChI=1S/C8H12N2O/c1-2-8(3-1)11-6-7-4-5-9-10-7/h4-5,8H,1-3,6H2,(H,9,10). The molecule has 0 bridgehead atoms. The van der Waals surface area contributed by atoms with Crippen LogP contribution < -0.4 is 0 Å². The Morgan fingerprint density at radius 1 is 1.64 bits per heavy atom. The van der Waals surface area contributed by atoms with Crippen LogP contribution in [0.5, 0.6) is 0 Å². The highest BCUT2D eigenvalue weighted by Gasteiger charge is 2.17. The quantitative estimate of drug-likeness (QED) is 0.712. The molecule has 0 saturated heterocycles. The SMILES string of the molecule is c1cc(COC2CCC2)[nH]n1. The summed E-state index contributed by atoms with van der Waals surface area (Å²) < 4.78 is 5.55. The van der Waals surface area contributed by atoms with Crippen LogP contribution in [0, 0.1) is 0 Å². The molecule has 1 aliphatic rings. The Bertz CT molecular complexity index is 204. The average Bonchev–Trinajstić information content (AvgIpc) is 2.36. The van der Waals surface area contributed by atoms with Gasteiger partial charge < -0.3 is 4.74 Å². The van der Waals surface area contributed by atoms with E-state index >= 15 is 0 Å². The van der Waals surface area contributed by atoms with Gasteiger partial charge in [-0.05, 0) is 25.3 Å². The van der Waals surface area contributed by atoms with Gasteiger partial charge in [0.05, 0.1) is 18.4 Å². The molecule has 1 heterocycles. The largest absolute Gasteiger partial charge is 0.372 e. The number of nitrogens with zero attached hydrogens (tertiary/aromatic N) is 1. The van der Waals surface area contributed by atoms with Crippen molar-refractivity contribution in [2.24, 2.45) is 0 Å². The molecule has 1 aliphatic carbocycles. The second-order valence-electron chi connectivity index (χ2n) is 2.95. The summed E-state index contributed by atoms with van der Waals surface area (Å²) in [5.41, 5.74) is 1.07. The normalized spacial score (nSPS) is 18.2. The maximum atomic E-state index is 5.55. The molecule has 1 N–H and O–H groups in total. The summed E-state index contributed by atoms with van der Waals surface area (Å²) in [5, 5.41) is 6.70. The molecule has 0 amide bonds. The Labute approximate surface area is 65.8 Å². The molecule has 1 aromatic rings. The summed E-state index contributed by atoms with van der Waals surface area (Å²) >= 11 is 0. The van der Waals surface area contributed by atoms with E-state index in [0.717, 1.165) is 5.69 Å². The summed E-state index contributed by atoms with van der Waals surface area (Å²) in [5.74, 6) is 0. The minimum atomic E-state index is 0.512. The summed E-state index contributed by atoms with van der Waals surface area (Å²) in [6, 6.07) is 1.94. The van der Waals surface area contributed by atoms with Crippen LogP contribution >= 0.6 is 0 Å². The molecule has 1 fully saturated rings. The van der Waals surface area contributed by atoms with Crippen LogP contribution in [0.15, 0.2) is 12.3 Å². The Kier molecular flexibility index (Phi) is 1.90. The van der Waals surface area contributed by atoms with E-state index in [-0.39, 0.29) is 0 Å². The highest BCUT2D eigenvalue weighted by atomic mass is 16.5. The first-order valence-electron chi connectivity index (χ1n) is 4.05. The molecule has 11 heavy (non-hydrogen) atoms. The predicted octanol–water partition coefficient (Wildman–Crippen LogP) is 1.48. The van der Waals surface area contributed by atoms with Crippen LogP contribution in [-0.2, 0) is 11.3 Å². The predicted molar refractivity (Wildman–Crippen MR) is 41.0 cm³/mol. The van der Waals surface area contributed by atoms with Crippen LogP contribution in [0.2, 0.25) is 0 Å². The Morgan fingerprint density at radius 3 is 3.09 bits per heavy atom. The topological polar surface area (TPSA) is 37.9 Å². The number of hydrogen-bond donors (Lipinski definition) is 1. The van der Waals surface area contributed by atoms with Crippen molar-refractivity contribution in [3.05, 3.63) is 18.0 Å². The van der Waals surface area contributed by atoms with Crippen LogP contribution in [-0.4, -0.2) is 16.3 Å². The lowest BCUT2D eigenvalue weighted by Gasteiger charge is -2.24. The van der Waals surface area contributed by atoms with Gasteiger partial charge in [-0.3, -0.25) is 5.10 Å². The number of H-pyrrole nitrogens is 1. The van der Waals surface area contributed by atoms with Gasteiger partial charge in [0.2, 0.25) is 0 Å². The zero-order valence-electron chi connectivity index (χ0n) is 6.42. The van der Waals surface area contributed by atoms with E-state index in [9.17, 15) is 0 Å². The van der Waals surface area contributed by atoms with Gasteiger partial charge in [0.15, 0.2) is 0 Å². The molecule has 0 atom stereocenters. The Morgan fingerprint density at radius 2 is 2.55 bits per heavy atom. The summed E-state index contributed by atoms with van der Waals surface area (Å²) in [4.78, 5) is 0. The minimum absolute atomic E-state index is 0.512. The third-order valence-corrected chi connectivity index (χ3v) is 2.09. The van der Waals surface area contributed by atoms with Gasteiger partial charge in [-0.1, -0.05) is 0 Å². The highest BCUT2D eigenvalue weighted by molar-refractivity contribution is 4.95. The van der Waals surface area contributed by atoms with Crippen molar-refractivity contribution in [2.75, 3.05) is 0 Å². The van der Waals surface area contributed by atoms with Gasteiger partial charge in [0.1, 0.15) is 0 Å². The van der Waals surface area contributed by atoms with Crippen LogP contribution in [0.4, 0.5) is 0 Å². The molecule has 0 spiro atoms. The smallest absolute Gasteiger partial charge is 0.0885 e. The van der Waals surface area contributed by atoms with Crippen molar-refractivity contribution in [1.29, 1.82) is 0 Å². The molecule has 0 radical (unpaired) electrons. The molecule has 3 nitrogen and oxygen atoms in total. The second-order valence-corrected chi connectivity index (χ2v) is 2.95. The first kappa shape index (κ1) is 6.85. The summed E-state index contributed by atoms with van der Waals surface area (Å²) in [6.45, 7) is 0.685. The van der Waals surface area contributed by atoms with E-state index in [1.807, 2.05) is 6.07 Å². The van der Waals surface area contributed by atoms with E-state index in [1.54, 1.807) is 6.20 Å². The first-order chi connectivity index (χ1) is 5.45. The molecular formula is C8H12N2O. The fourth-order valence-electron chi connectivity index (χ4n) is 1.11. The lowest BCUT2D eigenvalue weighted by Crippen LogP contribution is -2.21. The Balaban J connectivity index is 1.74. The second kappa shape index (κ2) is 3.05. The van der Waals surface area contributed by atoms with Crippen molar-refractivity contribution >= 4 is 0 Å². The third-order valence-electron chi connectivity index (χ3n) is 2.09. The monoisotopic (exact) mass is 152 g/mol. The number of aromatic nitrogens is 2. The molecule has 1 aromatic heterocycles. The van der Waals surface area contributed by atoms with E-state index in [0.29, 0.717) is 12.7 Å². The van der Waals surface area contributed by atoms with Gasteiger partial charge in [-0.2, -0.15) is 5.10 Å². The van der Waals surface area contributed by atoms with Gasteiger partial charge >= 0.3 is 0 Å².